The highest BCUT2D eigenvalue weighted by molar-refractivity contribution is 8.03. The lowest BCUT2D eigenvalue weighted by Gasteiger charge is -2.12. The minimum absolute atomic E-state index is 0.0467. The second kappa shape index (κ2) is 8.55. The van der Waals surface area contributed by atoms with Gasteiger partial charge in [-0.25, -0.2) is 8.78 Å². The number of fused-ring (bicyclic) bond motifs is 2. The zero-order valence-corrected chi connectivity index (χ0v) is 20.6. The van der Waals surface area contributed by atoms with Crippen molar-refractivity contribution in [3.05, 3.63) is 83.7 Å². The topological polar surface area (TPSA) is 29.1 Å². The van der Waals surface area contributed by atoms with Crippen LogP contribution in [0.2, 0.25) is 0 Å². The molecule has 0 bridgehead atoms. The Bertz CT molecular complexity index is 1610. The van der Waals surface area contributed by atoms with Crippen molar-refractivity contribution in [1.29, 1.82) is 0 Å². The number of thiazole rings is 2. The van der Waals surface area contributed by atoms with Crippen LogP contribution < -0.4 is 24.2 Å². The average Bonchev–Trinajstić information content (AvgIpc) is 3.38. The number of rotatable bonds is 3. The Morgan fingerprint density at radius 2 is 1.82 bits per heavy atom. The first-order valence-corrected chi connectivity index (χ1v) is 12.7. The molecule has 0 amide bonds. The molecule has 0 unspecified atom stereocenters. The van der Waals surface area contributed by atoms with Gasteiger partial charge < -0.3 is 4.90 Å². The number of anilines is 1. The van der Waals surface area contributed by atoms with Crippen LogP contribution in [0.1, 0.15) is 11.9 Å². The maximum Gasteiger partial charge on any atom is 0.269 e. The normalized spacial score (nSPS) is 15.9. The van der Waals surface area contributed by atoms with Crippen LogP contribution in [0.15, 0.2) is 57.2 Å². The summed E-state index contributed by atoms with van der Waals surface area (Å²) in [5.74, 6) is -0.533. The summed E-state index contributed by atoms with van der Waals surface area (Å²) >= 11 is 4.46. The molecule has 9 heteroatoms. The van der Waals surface area contributed by atoms with Gasteiger partial charge in [-0.05, 0) is 49.4 Å². The van der Waals surface area contributed by atoms with Crippen LogP contribution in [0.4, 0.5) is 14.5 Å². The van der Waals surface area contributed by atoms with Crippen molar-refractivity contribution in [2.45, 2.75) is 18.4 Å². The summed E-state index contributed by atoms with van der Waals surface area (Å²) in [6, 6.07) is 9.50. The number of hydrogen-bond donors (Lipinski definition) is 0. The van der Waals surface area contributed by atoms with Crippen LogP contribution >= 0.6 is 34.4 Å². The minimum atomic E-state index is -0.270. The van der Waals surface area contributed by atoms with E-state index in [9.17, 15) is 13.6 Å². The van der Waals surface area contributed by atoms with Crippen molar-refractivity contribution in [2.24, 2.45) is 7.05 Å². The second-order valence-electron chi connectivity index (χ2n) is 7.55. The highest BCUT2D eigenvalue weighted by Gasteiger charge is 2.22. The predicted octanol–water partition coefficient (Wildman–Crippen LogP) is 3.94. The average molecular weight is 501 g/mol. The fourth-order valence-electron chi connectivity index (χ4n) is 3.77. The summed E-state index contributed by atoms with van der Waals surface area (Å²) < 4.78 is 33.4. The summed E-state index contributed by atoms with van der Waals surface area (Å²) in [5, 5.41) is 1.86. The van der Waals surface area contributed by atoms with Gasteiger partial charge in [-0.15, -0.1) is 11.3 Å². The van der Waals surface area contributed by atoms with Crippen LogP contribution in [0.3, 0.4) is 0 Å². The molecule has 1 aliphatic heterocycles. The quantitative estimate of drug-likeness (QED) is 0.399. The molecular weight excluding hydrogens is 480 g/mol. The van der Waals surface area contributed by atoms with Crippen molar-refractivity contribution in [3.63, 3.8) is 0 Å². The van der Waals surface area contributed by atoms with E-state index in [1.165, 1.54) is 47.4 Å². The predicted molar refractivity (Wildman–Crippen MR) is 133 cm³/mol. The van der Waals surface area contributed by atoms with E-state index in [0.717, 1.165) is 35.5 Å². The van der Waals surface area contributed by atoms with E-state index >= 15 is 0 Å². The van der Waals surface area contributed by atoms with Gasteiger partial charge in [0, 0.05) is 24.6 Å². The van der Waals surface area contributed by atoms with E-state index in [4.69, 9.17) is 0 Å². The molecular formula is C24H20F2N3OS3+. The molecule has 5 rings (SSSR count). The molecule has 0 atom stereocenters. The Morgan fingerprint density at radius 1 is 1.06 bits per heavy atom. The summed E-state index contributed by atoms with van der Waals surface area (Å²) in [7, 11) is 3.83. The number of hydrogen-bond acceptors (Lipinski definition) is 5. The van der Waals surface area contributed by atoms with Gasteiger partial charge in [-0.2, -0.15) is 4.57 Å². The summed E-state index contributed by atoms with van der Waals surface area (Å²) in [6.45, 7) is 2.49. The Balaban J connectivity index is 1.58. The number of aryl methyl sites for hydroxylation is 1. The van der Waals surface area contributed by atoms with Gasteiger partial charge in [0.15, 0.2) is 0 Å². The fourth-order valence-corrected chi connectivity index (χ4v) is 7.04. The standard InChI is InChI=1S/C24H20F2N3OS3/c1-4-29-23(13-22-28(3)17-11-14(25)6-8-18(17)31-22)32-19(24(29)30)9-10-21-27(2)16-7-5-15(26)12-20(16)33-21/h5-13H,4H2,1-3H3/q+1/b19-9-,21-10-. The molecule has 1 aliphatic rings. The van der Waals surface area contributed by atoms with Gasteiger partial charge in [-0.1, -0.05) is 23.1 Å². The fraction of sp³-hybridized carbons (Fsp3) is 0.167. The molecule has 168 valence electrons. The zero-order valence-electron chi connectivity index (χ0n) is 18.1. The van der Waals surface area contributed by atoms with E-state index in [0.29, 0.717) is 11.1 Å². The van der Waals surface area contributed by atoms with Gasteiger partial charge in [0.25, 0.3) is 10.6 Å². The zero-order chi connectivity index (χ0) is 23.3. The minimum Gasteiger partial charge on any atom is -0.338 e. The van der Waals surface area contributed by atoms with Crippen LogP contribution in [0, 0.1) is 11.6 Å². The Kier molecular flexibility index (Phi) is 5.72. The maximum absolute atomic E-state index is 13.7. The number of allylic oxidation sites excluding steroid dienone is 1. The molecule has 4 aromatic rings. The first kappa shape index (κ1) is 22.1. The van der Waals surface area contributed by atoms with Crippen LogP contribution in [0.25, 0.3) is 22.4 Å². The van der Waals surface area contributed by atoms with Gasteiger partial charge in [-0.3, -0.25) is 9.36 Å². The molecule has 0 aliphatic carbocycles. The third kappa shape index (κ3) is 3.94. The van der Waals surface area contributed by atoms with E-state index in [-0.39, 0.29) is 17.2 Å². The van der Waals surface area contributed by atoms with Crippen molar-refractivity contribution in [3.8, 4) is 0 Å². The Hall–Kier alpha value is -2.75. The summed E-state index contributed by atoms with van der Waals surface area (Å²) in [5.41, 5.74) is 1.72. The van der Waals surface area contributed by atoms with E-state index in [1.807, 2.05) is 48.7 Å². The largest absolute Gasteiger partial charge is 0.338 e. The SMILES string of the molecule is CCn1c(=O)/c(=C/C=C2\Sc3cc(F)ccc3N2C)s/c1=C\c1sc2ccc(F)cc2[n+]1C. The lowest BCUT2D eigenvalue weighted by atomic mass is 10.3. The maximum atomic E-state index is 13.7. The molecule has 0 radical (unpaired) electrons. The lowest BCUT2D eigenvalue weighted by molar-refractivity contribution is -0.642. The van der Waals surface area contributed by atoms with Crippen LogP contribution in [-0.2, 0) is 13.6 Å². The third-order valence-corrected chi connectivity index (χ3v) is 8.94. The molecule has 0 saturated carbocycles. The molecule has 0 N–H and O–H groups in total. The second-order valence-corrected chi connectivity index (χ2v) is 10.7. The summed E-state index contributed by atoms with van der Waals surface area (Å²) in [6.07, 6.45) is 5.72. The van der Waals surface area contributed by atoms with Gasteiger partial charge >= 0.3 is 0 Å². The first-order chi connectivity index (χ1) is 15.9. The molecule has 2 aromatic carbocycles. The van der Waals surface area contributed by atoms with Gasteiger partial charge in [0.1, 0.15) is 28.0 Å². The van der Waals surface area contributed by atoms with Crippen LogP contribution in [-0.4, -0.2) is 11.6 Å². The van der Waals surface area contributed by atoms with Crippen molar-refractivity contribution in [2.75, 3.05) is 11.9 Å². The molecule has 4 nitrogen and oxygen atoms in total. The molecule has 0 fully saturated rings. The molecule has 2 aromatic heterocycles. The number of halogens is 2. The first-order valence-electron chi connectivity index (χ1n) is 10.3. The van der Waals surface area contributed by atoms with Crippen molar-refractivity contribution in [1.82, 2.24) is 4.57 Å². The summed E-state index contributed by atoms with van der Waals surface area (Å²) in [4.78, 5) is 15.9. The Labute approximate surface area is 201 Å². The van der Waals surface area contributed by atoms with Crippen LogP contribution in [0.5, 0.6) is 0 Å². The number of thioether (sulfide) groups is 1. The number of benzene rings is 2. The van der Waals surface area contributed by atoms with E-state index in [2.05, 4.69) is 0 Å². The number of nitrogens with zero attached hydrogens (tertiary/aromatic N) is 3. The highest BCUT2D eigenvalue weighted by Crippen LogP contribution is 2.45. The van der Waals surface area contributed by atoms with Crippen molar-refractivity contribution < 1.29 is 13.3 Å². The third-order valence-electron chi connectivity index (χ3n) is 5.53. The lowest BCUT2D eigenvalue weighted by Crippen LogP contribution is -2.32. The van der Waals surface area contributed by atoms with E-state index < -0.39 is 0 Å². The highest BCUT2D eigenvalue weighted by atomic mass is 32.2. The van der Waals surface area contributed by atoms with Crippen molar-refractivity contribution >= 4 is 62.5 Å². The molecule has 0 saturated heterocycles. The molecule has 3 heterocycles. The monoisotopic (exact) mass is 500 g/mol. The molecule has 33 heavy (non-hydrogen) atoms. The van der Waals surface area contributed by atoms with Gasteiger partial charge in [0.2, 0.25) is 5.52 Å². The molecule has 0 spiro atoms. The smallest absolute Gasteiger partial charge is 0.269 e. The number of aromatic nitrogens is 2. The Morgan fingerprint density at radius 3 is 2.61 bits per heavy atom. The van der Waals surface area contributed by atoms with Gasteiger partial charge in [0.05, 0.1) is 21.3 Å². The van der Waals surface area contributed by atoms with E-state index in [1.54, 1.807) is 28.0 Å².